The number of rotatable bonds is 9. The number of nitrogens with one attached hydrogen (secondary N) is 2. The lowest BCUT2D eigenvalue weighted by Gasteiger charge is -2.10. The molecule has 1 aromatic heterocycles. The summed E-state index contributed by atoms with van der Waals surface area (Å²) in [7, 11) is 0. The van der Waals surface area contributed by atoms with Gasteiger partial charge in [-0.3, -0.25) is 0 Å². The minimum Gasteiger partial charge on any atom is -0.379 e. The fourth-order valence-electron chi connectivity index (χ4n) is 1.57. The zero-order chi connectivity index (χ0) is 14.1. The lowest BCUT2D eigenvalue weighted by molar-refractivity contribution is 0.118. The number of nitrogens with two attached hydrogens (primary N) is 1. The first-order chi connectivity index (χ1) is 9.15. The van der Waals surface area contributed by atoms with E-state index in [9.17, 15) is 0 Å². The van der Waals surface area contributed by atoms with Gasteiger partial charge in [-0.05, 0) is 12.3 Å². The molecule has 0 bridgehead atoms. The van der Waals surface area contributed by atoms with Crippen molar-refractivity contribution in [3.05, 3.63) is 11.9 Å². The molecule has 19 heavy (non-hydrogen) atoms. The normalized spacial score (nSPS) is 10.8. The monoisotopic (exact) mass is 267 g/mol. The van der Waals surface area contributed by atoms with Gasteiger partial charge < -0.3 is 15.5 Å². The van der Waals surface area contributed by atoms with Gasteiger partial charge in [0.25, 0.3) is 0 Å². The van der Waals surface area contributed by atoms with Crippen LogP contribution < -0.4 is 16.6 Å². The lowest BCUT2D eigenvalue weighted by Crippen LogP contribution is -2.15. The van der Waals surface area contributed by atoms with Gasteiger partial charge in [0.1, 0.15) is 17.5 Å². The van der Waals surface area contributed by atoms with Gasteiger partial charge in [-0.25, -0.2) is 15.8 Å². The van der Waals surface area contributed by atoms with E-state index in [0.717, 1.165) is 37.6 Å². The van der Waals surface area contributed by atoms with E-state index in [1.54, 1.807) is 6.07 Å². The average Bonchev–Trinajstić information content (AvgIpc) is 2.38. The molecule has 0 atom stereocenters. The van der Waals surface area contributed by atoms with E-state index in [0.29, 0.717) is 18.3 Å². The molecule has 0 fully saturated rings. The van der Waals surface area contributed by atoms with E-state index in [-0.39, 0.29) is 0 Å². The van der Waals surface area contributed by atoms with Crippen LogP contribution in [0.25, 0.3) is 0 Å². The summed E-state index contributed by atoms with van der Waals surface area (Å²) in [6.45, 7) is 8.53. The van der Waals surface area contributed by atoms with Gasteiger partial charge in [0, 0.05) is 25.6 Å². The quantitative estimate of drug-likeness (QED) is 0.359. The molecule has 0 unspecified atom stereocenters. The van der Waals surface area contributed by atoms with Gasteiger partial charge in [0.15, 0.2) is 0 Å². The summed E-state index contributed by atoms with van der Waals surface area (Å²) < 4.78 is 5.50. The molecule has 0 radical (unpaired) electrons. The Morgan fingerprint density at radius 3 is 2.68 bits per heavy atom. The minimum atomic E-state index is 0.559. The van der Waals surface area contributed by atoms with Gasteiger partial charge in [-0.2, -0.15) is 0 Å². The highest BCUT2D eigenvalue weighted by Gasteiger charge is 2.03. The largest absolute Gasteiger partial charge is 0.379 e. The first-order valence-electron chi connectivity index (χ1n) is 6.81. The van der Waals surface area contributed by atoms with Crippen LogP contribution in [0.3, 0.4) is 0 Å². The molecule has 0 saturated carbocycles. The van der Waals surface area contributed by atoms with Crippen molar-refractivity contribution >= 4 is 11.6 Å². The van der Waals surface area contributed by atoms with Crippen LogP contribution in [-0.4, -0.2) is 29.7 Å². The third-order valence-corrected chi connectivity index (χ3v) is 2.40. The molecule has 1 heterocycles. The molecule has 0 amide bonds. The number of hydrogen-bond acceptors (Lipinski definition) is 6. The van der Waals surface area contributed by atoms with E-state index in [4.69, 9.17) is 10.6 Å². The molecular formula is C13H25N5O. The molecule has 108 valence electrons. The van der Waals surface area contributed by atoms with E-state index >= 15 is 0 Å². The topological polar surface area (TPSA) is 85.1 Å². The van der Waals surface area contributed by atoms with Crippen molar-refractivity contribution in [1.29, 1.82) is 0 Å². The lowest BCUT2D eigenvalue weighted by atomic mass is 10.2. The Kier molecular flexibility index (Phi) is 7.14. The SMILES string of the molecule is CCCc1nc(NN)cc(NCCOCC(C)C)n1. The van der Waals surface area contributed by atoms with E-state index in [1.807, 2.05) is 0 Å². The Labute approximate surface area is 115 Å². The molecule has 6 nitrogen and oxygen atoms in total. The zero-order valence-electron chi connectivity index (χ0n) is 12.1. The van der Waals surface area contributed by atoms with Gasteiger partial charge in [0.2, 0.25) is 0 Å². The molecule has 1 rings (SSSR count). The molecule has 0 aliphatic carbocycles. The highest BCUT2D eigenvalue weighted by molar-refractivity contribution is 5.46. The van der Waals surface area contributed by atoms with Crippen LogP contribution in [0.15, 0.2) is 6.07 Å². The number of nitrogens with zero attached hydrogens (tertiary/aromatic N) is 2. The molecule has 4 N–H and O–H groups in total. The number of anilines is 2. The molecule has 0 spiro atoms. The minimum absolute atomic E-state index is 0.559. The number of ether oxygens (including phenoxy) is 1. The van der Waals surface area contributed by atoms with Crippen LogP contribution >= 0.6 is 0 Å². The molecule has 0 aliphatic rings. The Bertz CT molecular complexity index is 370. The van der Waals surface area contributed by atoms with E-state index in [2.05, 4.69) is 41.5 Å². The van der Waals surface area contributed by atoms with Crippen LogP contribution in [0.4, 0.5) is 11.6 Å². The van der Waals surface area contributed by atoms with Crippen molar-refractivity contribution in [2.45, 2.75) is 33.6 Å². The molecule has 0 saturated heterocycles. The Hall–Kier alpha value is -1.40. The number of hydrazine groups is 1. The van der Waals surface area contributed by atoms with E-state index in [1.165, 1.54) is 0 Å². The second-order valence-corrected chi connectivity index (χ2v) is 4.84. The second-order valence-electron chi connectivity index (χ2n) is 4.84. The molecular weight excluding hydrogens is 242 g/mol. The Morgan fingerprint density at radius 2 is 2.05 bits per heavy atom. The molecule has 1 aromatic rings. The Balaban J connectivity index is 2.45. The van der Waals surface area contributed by atoms with Crippen molar-refractivity contribution in [3.63, 3.8) is 0 Å². The highest BCUT2D eigenvalue weighted by Crippen LogP contribution is 2.11. The fraction of sp³-hybridized carbons (Fsp3) is 0.692. The van der Waals surface area contributed by atoms with Crippen LogP contribution in [0.1, 0.15) is 33.0 Å². The smallest absolute Gasteiger partial charge is 0.145 e. The highest BCUT2D eigenvalue weighted by atomic mass is 16.5. The predicted octanol–water partition coefficient (Wildman–Crippen LogP) is 1.80. The van der Waals surface area contributed by atoms with Gasteiger partial charge in [-0.15, -0.1) is 0 Å². The summed E-state index contributed by atoms with van der Waals surface area (Å²) in [6, 6.07) is 1.79. The maximum atomic E-state index is 5.50. The standard InChI is InChI=1S/C13H25N5O/c1-4-5-11-16-12(8-13(17-11)18-14)15-6-7-19-9-10(2)3/h8,10H,4-7,9,14H2,1-3H3,(H2,15,16,17,18). The summed E-state index contributed by atoms with van der Waals surface area (Å²) >= 11 is 0. The van der Waals surface area contributed by atoms with Crippen LogP contribution in [0.2, 0.25) is 0 Å². The second kappa shape index (κ2) is 8.66. The first kappa shape index (κ1) is 15.7. The number of nitrogen functional groups attached to an aromatic ring is 1. The summed E-state index contributed by atoms with van der Waals surface area (Å²) in [6.07, 6.45) is 1.85. The molecule has 0 aliphatic heterocycles. The van der Waals surface area contributed by atoms with Crippen molar-refractivity contribution in [3.8, 4) is 0 Å². The van der Waals surface area contributed by atoms with Crippen molar-refractivity contribution in [2.75, 3.05) is 30.5 Å². The van der Waals surface area contributed by atoms with Gasteiger partial charge >= 0.3 is 0 Å². The summed E-state index contributed by atoms with van der Waals surface area (Å²) in [5.41, 5.74) is 2.56. The Morgan fingerprint density at radius 1 is 1.32 bits per heavy atom. The van der Waals surface area contributed by atoms with Crippen molar-refractivity contribution in [2.24, 2.45) is 11.8 Å². The van der Waals surface area contributed by atoms with E-state index < -0.39 is 0 Å². The third kappa shape index (κ3) is 6.35. The van der Waals surface area contributed by atoms with Crippen LogP contribution in [0, 0.1) is 5.92 Å². The first-order valence-corrected chi connectivity index (χ1v) is 6.81. The zero-order valence-corrected chi connectivity index (χ0v) is 12.1. The molecule has 0 aromatic carbocycles. The number of aromatic nitrogens is 2. The van der Waals surface area contributed by atoms with Gasteiger partial charge in [0.05, 0.1) is 6.61 Å². The predicted molar refractivity (Wildman–Crippen MR) is 78.0 cm³/mol. The maximum Gasteiger partial charge on any atom is 0.145 e. The van der Waals surface area contributed by atoms with Crippen LogP contribution in [-0.2, 0) is 11.2 Å². The van der Waals surface area contributed by atoms with Crippen LogP contribution in [0.5, 0.6) is 0 Å². The molecule has 6 heteroatoms. The number of hydrogen-bond donors (Lipinski definition) is 3. The summed E-state index contributed by atoms with van der Waals surface area (Å²) in [5.74, 6) is 8.16. The van der Waals surface area contributed by atoms with Crippen molar-refractivity contribution in [1.82, 2.24) is 9.97 Å². The summed E-state index contributed by atoms with van der Waals surface area (Å²) in [5, 5.41) is 3.22. The fourth-order valence-corrected chi connectivity index (χ4v) is 1.57. The number of aryl methyl sites for hydroxylation is 1. The summed E-state index contributed by atoms with van der Waals surface area (Å²) in [4.78, 5) is 8.72. The van der Waals surface area contributed by atoms with Crippen molar-refractivity contribution < 1.29 is 4.74 Å². The van der Waals surface area contributed by atoms with Gasteiger partial charge in [-0.1, -0.05) is 20.8 Å². The third-order valence-electron chi connectivity index (χ3n) is 2.40. The average molecular weight is 267 g/mol. The maximum absolute atomic E-state index is 5.50.